The molecule has 5 aliphatic rings. The van der Waals surface area contributed by atoms with Crippen LogP contribution in [0.1, 0.15) is 76.7 Å². The summed E-state index contributed by atoms with van der Waals surface area (Å²) in [5, 5.41) is 3.49. The summed E-state index contributed by atoms with van der Waals surface area (Å²) in [6.07, 6.45) is 11.3. The van der Waals surface area contributed by atoms with Crippen molar-refractivity contribution >= 4 is 5.91 Å². The third-order valence-corrected chi connectivity index (χ3v) is 8.32. The molecule has 1 aromatic rings. The van der Waals surface area contributed by atoms with Crippen LogP contribution < -0.4 is 11.1 Å². The molecule has 0 radical (unpaired) electrons. The van der Waals surface area contributed by atoms with Crippen LogP contribution in [0.2, 0.25) is 0 Å². The van der Waals surface area contributed by atoms with Gasteiger partial charge in [0.05, 0.1) is 5.41 Å². The first kappa shape index (κ1) is 17.7. The van der Waals surface area contributed by atoms with E-state index in [9.17, 15) is 4.79 Å². The van der Waals surface area contributed by atoms with Crippen LogP contribution in [0.15, 0.2) is 30.3 Å². The van der Waals surface area contributed by atoms with Gasteiger partial charge in [0.2, 0.25) is 5.91 Å². The minimum Gasteiger partial charge on any atom is -0.353 e. The Morgan fingerprint density at radius 3 is 2.44 bits per heavy atom. The monoisotopic (exact) mass is 366 g/mol. The maximum absolute atomic E-state index is 13.6. The first-order valence-electron chi connectivity index (χ1n) is 11.0. The molecule has 1 amide bonds. The van der Waals surface area contributed by atoms with Gasteiger partial charge in [0.1, 0.15) is 0 Å². The highest BCUT2D eigenvalue weighted by atomic mass is 16.2. The Balaban J connectivity index is 1.43. The lowest BCUT2D eigenvalue weighted by atomic mass is 9.38. The van der Waals surface area contributed by atoms with Gasteiger partial charge in [-0.25, -0.2) is 0 Å². The van der Waals surface area contributed by atoms with Gasteiger partial charge in [-0.15, -0.1) is 0 Å². The number of nitrogens with two attached hydrogens (primary N) is 1. The van der Waals surface area contributed by atoms with Crippen LogP contribution in [0.3, 0.4) is 0 Å². The molecule has 3 N–H and O–H groups in total. The first-order valence-corrected chi connectivity index (χ1v) is 11.0. The summed E-state index contributed by atoms with van der Waals surface area (Å²) in [6, 6.07) is 11.8. The molecule has 5 fully saturated rings. The second kappa shape index (κ2) is 6.07. The van der Waals surface area contributed by atoms with E-state index in [1.807, 2.05) is 0 Å². The molecule has 4 bridgehead atoms. The Morgan fingerprint density at radius 2 is 1.74 bits per heavy atom. The Kier molecular flexibility index (Phi) is 3.99. The summed E-state index contributed by atoms with van der Waals surface area (Å²) in [5.41, 5.74) is 7.92. The lowest BCUT2D eigenvalue weighted by Gasteiger charge is -2.65. The lowest BCUT2D eigenvalue weighted by Crippen LogP contribution is -2.62. The topological polar surface area (TPSA) is 55.1 Å². The second-order valence-corrected chi connectivity index (χ2v) is 10.8. The van der Waals surface area contributed by atoms with E-state index >= 15 is 0 Å². The molecule has 3 heteroatoms. The van der Waals surface area contributed by atoms with Crippen molar-refractivity contribution < 1.29 is 4.79 Å². The highest BCUT2D eigenvalue weighted by Crippen LogP contribution is 2.70. The molecule has 5 aliphatic carbocycles. The summed E-state index contributed by atoms with van der Waals surface area (Å²) in [7, 11) is 0. The number of amides is 1. The molecule has 1 aromatic carbocycles. The Hall–Kier alpha value is -1.35. The molecule has 3 nitrogen and oxygen atoms in total. The van der Waals surface area contributed by atoms with Crippen LogP contribution in [0.4, 0.5) is 0 Å². The van der Waals surface area contributed by atoms with Crippen LogP contribution in [0, 0.1) is 16.7 Å². The molecular formula is C24H34N2O. The van der Waals surface area contributed by atoms with Crippen LogP contribution in [0.5, 0.6) is 0 Å². The molecular weight excluding hydrogens is 332 g/mol. The molecule has 4 atom stereocenters. The van der Waals surface area contributed by atoms with Crippen molar-refractivity contribution in [3.63, 3.8) is 0 Å². The van der Waals surface area contributed by atoms with E-state index in [1.54, 1.807) is 0 Å². The number of nitrogens with one attached hydrogen (secondary N) is 1. The predicted octanol–water partition coefficient (Wildman–Crippen LogP) is 4.30. The van der Waals surface area contributed by atoms with Crippen LogP contribution >= 0.6 is 0 Å². The SMILES string of the molecule is C[C@]12C[C@@H]3C[C@](C(=O)NC4CCC(N)CC4)(C1)C[C@@](c1ccccc1)(C3)C2. The highest BCUT2D eigenvalue weighted by molar-refractivity contribution is 5.84. The van der Waals surface area contributed by atoms with Crippen LogP contribution in [0.25, 0.3) is 0 Å². The van der Waals surface area contributed by atoms with E-state index in [4.69, 9.17) is 5.73 Å². The van der Waals surface area contributed by atoms with Crippen LogP contribution in [-0.2, 0) is 10.2 Å². The van der Waals surface area contributed by atoms with E-state index in [-0.39, 0.29) is 10.8 Å². The molecule has 0 spiro atoms. The summed E-state index contributed by atoms with van der Waals surface area (Å²) < 4.78 is 0. The molecule has 0 aliphatic heterocycles. The Morgan fingerprint density at radius 1 is 1.00 bits per heavy atom. The number of benzene rings is 1. The molecule has 0 aromatic heterocycles. The van der Waals surface area contributed by atoms with Gasteiger partial charge in [-0.2, -0.15) is 0 Å². The zero-order valence-electron chi connectivity index (χ0n) is 16.7. The molecule has 27 heavy (non-hydrogen) atoms. The summed E-state index contributed by atoms with van der Waals surface area (Å²) in [5.74, 6) is 1.07. The molecule has 0 heterocycles. The van der Waals surface area contributed by atoms with Gasteiger partial charge in [-0.05, 0) is 86.5 Å². The maximum atomic E-state index is 13.6. The second-order valence-electron chi connectivity index (χ2n) is 10.8. The largest absolute Gasteiger partial charge is 0.353 e. The smallest absolute Gasteiger partial charge is 0.226 e. The fraction of sp³-hybridized carbons (Fsp3) is 0.708. The third-order valence-electron chi connectivity index (χ3n) is 8.32. The van der Waals surface area contributed by atoms with Crippen molar-refractivity contribution in [1.29, 1.82) is 0 Å². The van der Waals surface area contributed by atoms with Gasteiger partial charge in [-0.3, -0.25) is 4.79 Å². The Labute approximate surface area is 163 Å². The number of carbonyl (C=O) groups excluding carboxylic acids is 1. The average Bonchev–Trinajstić information content (AvgIpc) is 2.62. The van der Waals surface area contributed by atoms with Crippen molar-refractivity contribution in [2.75, 3.05) is 0 Å². The standard InChI is InChI=1S/C24H34N2O/c1-22-11-17-12-23(14-22,18-5-3-2-4-6-18)16-24(13-17,15-22)21(27)26-20-9-7-19(25)8-10-20/h2-6,17,19-20H,7-16,25H2,1H3,(H,26,27)/t17-,19?,20?,22+,23+,24-/m0/s1. The quantitative estimate of drug-likeness (QED) is 0.838. The average molecular weight is 367 g/mol. The minimum atomic E-state index is -0.149. The Bertz CT molecular complexity index is 725. The van der Waals surface area contributed by atoms with Crippen molar-refractivity contribution in [3.8, 4) is 0 Å². The van der Waals surface area contributed by atoms with Crippen molar-refractivity contribution in [2.24, 2.45) is 22.5 Å². The lowest BCUT2D eigenvalue weighted by molar-refractivity contribution is -0.161. The van der Waals surface area contributed by atoms with E-state index in [0.29, 0.717) is 29.3 Å². The van der Waals surface area contributed by atoms with Crippen molar-refractivity contribution in [3.05, 3.63) is 35.9 Å². The predicted molar refractivity (Wildman–Crippen MR) is 108 cm³/mol. The maximum Gasteiger partial charge on any atom is 0.226 e. The molecule has 146 valence electrons. The van der Waals surface area contributed by atoms with Crippen molar-refractivity contribution in [1.82, 2.24) is 5.32 Å². The van der Waals surface area contributed by atoms with E-state index in [1.165, 1.54) is 24.8 Å². The summed E-state index contributed by atoms with van der Waals surface area (Å²) in [4.78, 5) is 13.6. The normalized spacial score (nSPS) is 45.6. The van der Waals surface area contributed by atoms with Gasteiger partial charge in [-0.1, -0.05) is 37.3 Å². The van der Waals surface area contributed by atoms with Gasteiger partial charge >= 0.3 is 0 Å². The number of rotatable bonds is 3. The number of carbonyl (C=O) groups is 1. The number of hydrogen-bond donors (Lipinski definition) is 2. The number of hydrogen-bond acceptors (Lipinski definition) is 2. The first-order chi connectivity index (χ1) is 12.9. The molecule has 6 rings (SSSR count). The fourth-order valence-electron chi connectivity index (χ4n) is 7.89. The molecule has 0 saturated heterocycles. The van der Waals surface area contributed by atoms with E-state index in [2.05, 4.69) is 42.6 Å². The van der Waals surface area contributed by atoms with Gasteiger partial charge in [0, 0.05) is 12.1 Å². The zero-order valence-corrected chi connectivity index (χ0v) is 16.7. The third kappa shape index (κ3) is 2.93. The molecule has 0 unspecified atom stereocenters. The van der Waals surface area contributed by atoms with E-state index in [0.717, 1.165) is 44.9 Å². The van der Waals surface area contributed by atoms with Gasteiger partial charge < -0.3 is 11.1 Å². The summed E-state index contributed by atoms with van der Waals surface area (Å²) >= 11 is 0. The van der Waals surface area contributed by atoms with Gasteiger partial charge in [0.25, 0.3) is 0 Å². The van der Waals surface area contributed by atoms with Crippen molar-refractivity contribution in [2.45, 2.75) is 88.6 Å². The van der Waals surface area contributed by atoms with Crippen LogP contribution in [-0.4, -0.2) is 18.0 Å². The zero-order chi connectivity index (χ0) is 18.7. The minimum absolute atomic E-state index is 0.149. The van der Waals surface area contributed by atoms with Gasteiger partial charge in [0.15, 0.2) is 0 Å². The van der Waals surface area contributed by atoms with E-state index < -0.39 is 0 Å². The molecule has 5 saturated carbocycles. The highest BCUT2D eigenvalue weighted by Gasteiger charge is 2.64. The fourth-order valence-corrected chi connectivity index (χ4v) is 7.89. The summed E-state index contributed by atoms with van der Waals surface area (Å²) in [6.45, 7) is 2.46.